The molecule has 0 radical (unpaired) electrons. The van der Waals surface area contributed by atoms with Gasteiger partial charge in [-0.15, -0.1) is 10.2 Å². The van der Waals surface area contributed by atoms with E-state index in [1.54, 1.807) is 16.8 Å². The smallest absolute Gasteiger partial charge is 0.175 e. The van der Waals surface area contributed by atoms with Gasteiger partial charge in [-0.2, -0.15) is 5.10 Å². The van der Waals surface area contributed by atoms with Gasteiger partial charge in [-0.25, -0.2) is 9.07 Å². The van der Waals surface area contributed by atoms with E-state index in [2.05, 4.69) is 15.3 Å². The third-order valence-corrected chi connectivity index (χ3v) is 4.15. The summed E-state index contributed by atoms with van der Waals surface area (Å²) >= 11 is 1.46. The van der Waals surface area contributed by atoms with Crippen LogP contribution < -0.4 is 0 Å². The highest BCUT2D eigenvalue weighted by molar-refractivity contribution is 7.98. The Morgan fingerprint density at radius 3 is 2.55 bits per heavy atom. The Morgan fingerprint density at radius 1 is 1.09 bits per heavy atom. The molecule has 0 fully saturated rings. The maximum absolute atomic E-state index is 13.6. The molecule has 0 spiro atoms. The molecule has 0 atom stereocenters. The van der Waals surface area contributed by atoms with Crippen LogP contribution in [0.2, 0.25) is 0 Å². The van der Waals surface area contributed by atoms with Gasteiger partial charge in [-0.1, -0.05) is 30.0 Å². The number of hydrogen-bond acceptors (Lipinski definition) is 4. The summed E-state index contributed by atoms with van der Waals surface area (Å²) in [6.45, 7) is 3.91. The summed E-state index contributed by atoms with van der Waals surface area (Å²) in [4.78, 5) is 0. The van der Waals surface area contributed by atoms with Gasteiger partial charge < -0.3 is 0 Å². The SMILES string of the molecule is Cc1cc(C)n(-c2ccc(SCc3ccccc3F)nn2)n1. The summed E-state index contributed by atoms with van der Waals surface area (Å²) in [7, 11) is 0. The molecule has 22 heavy (non-hydrogen) atoms. The Morgan fingerprint density at radius 2 is 1.91 bits per heavy atom. The molecular weight excluding hydrogens is 299 g/mol. The fraction of sp³-hybridized carbons (Fsp3) is 0.188. The number of nitrogens with zero attached hydrogens (tertiary/aromatic N) is 4. The molecule has 0 amide bonds. The number of aryl methyl sites for hydroxylation is 2. The van der Waals surface area contributed by atoms with Gasteiger partial charge >= 0.3 is 0 Å². The molecule has 0 unspecified atom stereocenters. The lowest BCUT2D eigenvalue weighted by Gasteiger charge is -2.04. The second-order valence-electron chi connectivity index (χ2n) is 4.95. The maximum Gasteiger partial charge on any atom is 0.175 e. The monoisotopic (exact) mass is 314 g/mol. The number of halogens is 1. The molecule has 112 valence electrons. The van der Waals surface area contributed by atoms with E-state index in [-0.39, 0.29) is 5.82 Å². The van der Waals surface area contributed by atoms with Crippen molar-refractivity contribution in [3.63, 3.8) is 0 Å². The van der Waals surface area contributed by atoms with E-state index in [0.717, 1.165) is 16.4 Å². The van der Waals surface area contributed by atoms with E-state index in [9.17, 15) is 4.39 Å². The van der Waals surface area contributed by atoms with Gasteiger partial charge in [-0.05, 0) is 43.7 Å². The highest BCUT2D eigenvalue weighted by atomic mass is 32.2. The van der Waals surface area contributed by atoms with Crippen molar-refractivity contribution in [1.29, 1.82) is 0 Å². The average Bonchev–Trinajstić information content (AvgIpc) is 2.86. The first-order valence-corrected chi connectivity index (χ1v) is 7.85. The van der Waals surface area contributed by atoms with Crippen LogP contribution in [0.15, 0.2) is 47.5 Å². The minimum atomic E-state index is -0.192. The predicted octanol–water partition coefficient (Wildman–Crippen LogP) is 3.71. The Labute approximate surface area is 132 Å². The molecule has 0 aliphatic carbocycles. The van der Waals surface area contributed by atoms with Gasteiger partial charge in [0.05, 0.1) is 5.69 Å². The predicted molar refractivity (Wildman–Crippen MR) is 84.6 cm³/mol. The molecular formula is C16H15FN4S. The molecule has 0 N–H and O–H groups in total. The number of hydrogen-bond donors (Lipinski definition) is 0. The normalized spacial score (nSPS) is 10.9. The van der Waals surface area contributed by atoms with Crippen LogP contribution in [-0.4, -0.2) is 20.0 Å². The van der Waals surface area contributed by atoms with Crippen LogP contribution in [0.4, 0.5) is 4.39 Å². The second-order valence-corrected chi connectivity index (χ2v) is 5.94. The van der Waals surface area contributed by atoms with Crippen LogP contribution in [0.25, 0.3) is 5.82 Å². The van der Waals surface area contributed by atoms with E-state index in [0.29, 0.717) is 17.1 Å². The zero-order chi connectivity index (χ0) is 15.5. The van der Waals surface area contributed by atoms with Crippen LogP contribution in [0.3, 0.4) is 0 Å². The zero-order valence-corrected chi connectivity index (χ0v) is 13.1. The minimum Gasteiger partial charge on any atom is -0.218 e. The third kappa shape index (κ3) is 3.17. The van der Waals surface area contributed by atoms with Crippen molar-refractivity contribution in [2.75, 3.05) is 0 Å². The average molecular weight is 314 g/mol. The molecule has 2 heterocycles. The van der Waals surface area contributed by atoms with E-state index in [1.807, 2.05) is 38.1 Å². The number of benzene rings is 1. The van der Waals surface area contributed by atoms with Crippen LogP contribution in [0.5, 0.6) is 0 Å². The quantitative estimate of drug-likeness (QED) is 0.689. The van der Waals surface area contributed by atoms with Gasteiger partial charge in [0, 0.05) is 11.4 Å². The molecule has 0 saturated heterocycles. The first kappa shape index (κ1) is 14.7. The summed E-state index contributed by atoms with van der Waals surface area (Å²) < 4.78 is 15.3. The summed E-state index contributed by atoms with van der Waals surface area (Å²) in [5, 5.41) is 13.5. The Kier molecular flexibility index (Phi) is 4.20. The number of thioether (sulfide) groups is 1. The van der Waals surface area contributed by atoms with E-state index in [1.165, 1.54) is 17.8 Å². The van der Waals surface area contributed by atoms with Crippen molar-refractivity contribution >= 4 is 11.8 Å². The van der Waals surface area contributed by atoms with Gasteiger partial charge in [0.1, 0.15) is 10.8 Å². The fourth-order valence-corrected chi connectivity index (χ4v) is 2.93. The highest BCUT2D eigenvalue weighted by Crippen LogP contribution is 2.22. The lowest BCUT2D eigenvalue weighted by molar-refractivity contribution is 0.617. The van der Waals surface area contributed by atoms with Crippen molar-refractivity contribution in [2.24, 2.45) is 0 Å². The van der Waals surface area contributed by atoms with Crippen LogP contribution in [0, 0.1) is 19.7 Å². The molecule has 3 aromatic rings. The molecule has 0 aliphatic rings. The van der Waals surface area contributed by atoms with Crippen LogP contribution in [-0.2, 0) is 5.75 Å². The van der Waals surface area contributed by atoms with E-state index in [4.69, 9.17) is 0 Å². The molecule has 3 rings (SSSR count). The molecule has 0 saturated carbocycles. The lowest BCUT2D eigenvalue weighted by atomic mass is 10.2. The summed E-state index contributed by atoms with van der Waals surface area (Å²) in [6, 6.07) is 12.5. The van der Waals surface area contributed by atoms with Crippen molar-refractivity contribution in [1.82, 2.24) is 20.0 Å². The first-order valence-electron chi connectivity index (χ1n) is 6.87. The van der Waals surface area contributed by atoms with Crippen molar-refractivity contribution in [3.05, 3.63) is 65.2 Å². The molecule has 0 aliphatic heterocycles. The molecule has 6 heteroatoms. The summed E-state index contributed by atoms with van der Waals surface area (Å²) in [5.74, 6) is 1.02. The molecule has 0 bridgehead atoms. The van der Waals surface area contributed by atoms with Crippen molar-refractivity contribution in [3.8, 4) is 5.82 Å². The molecule has 2 aromatic heterocycles. The Balaban J connectivity index is 1.72. The van der Waals surface area contributed by atoms with Crippen LogP contribution in [0.1, 0.15) is 17.0 Å². The largest absolute Gasteiger partial charge is 0.218 e. The second kappa shape index (κ2) is 6.27. The standard InChI is InChI=1S/C16H15FN4S/c1-11-9-12(2)21(20-11)15-7-8-16(19-18-15)22-10-13-5-3-4-6-14(13)17/h3-9H,10H2,1-2H3. The Bertz CT molecular complexity index is 783. The zero-order valence-electron chi connectivity index (χ0n) is 12.3. The topological polar surface area (TPSA) is 43.6 Å². The maximum atomic E-state index is 13.6. The van der Waals surface area contributed by atoms with Crippen molar-refractivity contribution < 1.29 is 4.39 Å². The fourth-order valence-electron chi connectivity index (χ4n) is 2.13. The highest BCUT2D eigenvalue weighted by Gasteiger charge is 2.07. The van der Waals surface area contributed by atoms with Crippen LogP contribution >= 0.6 is 11.8 Å². The summed E-state index contributed by atoms with van der Waals surface area (Å²) in [6.07, 6.45) is 0. The molecule has 4 nitrogen and oxygen atoms in total. The number of rotatable bonds is 4. The first-order chi connectivity index (χ1) is 10.6. The Hall–Kier alpha value is -2.21. The van der Waals surface area contributed by atoms with Gasteiger partial charge in [0.2, 0.25) is 0 Å². The van der Waals surface area contributed by atoms with Gasteiger partial charge in [-0.3, -0.25) is 0 Å². The van der Waals surface area contributed by atoms with E-state index >= 15 is 0 Å². The van der Waals surface area contributed by atoms with E-state index < -0.39 is 0 Å². The minimum absolute atomic E-state index is 0.192. The molecule has 1 aromatic carbocycles. The van der Waals surface area contributed by atoms with Gasteiger partial charge in [0.15, 0.2) is 5.82 Å². The third-order valence-electron chi connectivity index (χ3n) is 3.19. The van der Waals surface area contributed by atoms with Gasteiger partial charge in [0.25, 0.3) is 0 Å². The summed E-state index contributed by atoms with van der Waals surface area (Å²) in [5.41, 5.74) is 2.62. The van der Waals surface area contributed by atoms with Crippen molar-refractivity contribution in [2.45, 2.75) is 24.6 Å². The lowest BCUT2D eigenvalue weighted by Crippen LogP contribution is -2.03. The number of aromatic nitrogens is 4.